The Balaban J connectivity index is 4.49. The van der Waals surface area contributed by atoms with Gasteiger partial charge in [0.1, 0.15) is 13.2 Å². The van der Waals surface area contributed by atoms with Gasteiger partial charge in [0.25, 0.3) is 0 Å². The van der Waals surface area contributed by atoms with E-state index in [9.17, 15) is 14.4 Å². The quantitative estimate of drug-likeness (QED) is 0.0262. The third-order valence-electron chi connectivity index (χ3n) is 12.4. The second-order valence-electron chi connectivity index (χ2n) is 19.2. The average Bonchev–Trinajstić information content (AvgIpc) is 3.35. The van der Waals surface area contributed by atoms with Crippen molar-refractivity contribution in [2.45, 2.75) is 284 Å². The molecule has 0 aromatic rings. The van der Waals surface area contributed by atoms with Crippen molar-refractivity contribution in [3.05, 3.63) is 85.1 Å². The van der Waals surface area contributed by atoms with Gasteiger partial charge in [0.2, 0.25) is 0 Å². The van der Waals surface area contributed by atoms with Gasteiger partial charge in [-0.3, -0.25) is 14.4 Å². The fourth-order valence-electron chi connectivity index (χ4n) is 7.97. The highest BCUT2D eigenvalue weighted by Gasteiger charge is 2.19. The van der Waals surface area contributed by atoms with Crippen LogP contribution in [0.5, 0.6) is 0 Å². The summed E-state index contributed by atoms with van der Waals surface area (Å²) in [6, 6.07) is 0. The molecule has 0 aliphatic carbocycles. The van der Waals surface area contributed by atoms with Gasteiger partial charge < -0.3 is 14.2 Å². The minimum atomic E-state index is -0.810. The number of allylic oxidation sites excluding steroid dienone is 14. The number of unbranched alkanes of at least 4 members (excludes halogenated alkanes) is 27. The van der Waals surface area contributed by atoms with Crippen LogP contribution in [0.4, 0.5) is 0 Å². The second kappa shape index (κ2) is 57.2. The summed E-state index contributed by atoms with van der Waals surface area (Å²) in [4.78, 5) is 38.2. The maximum Gasteiger partial charge on any atom is 0.306 e. The molecule has 0 N–H and O–H groups in total. The fraction of sp³-hybridized carbons (Fsp3) is 0.730. The summed E-state index contributed by atoms with van der Waals surface area (Å²) >= 11 is 0. The molecule has 0 saturated carbocycles. The Kier molecular flexibility index (Phi) is 54.3. The molecule has 0 amide bonds. The molecule has 0 fully saturated rings. The summed E-state index contributed by atoms with van der Waals surface area (Å²) in [5, 5.41) is 0. The first-order valence-corrected chi connectivity index (χ1v) is 29.1. The van der Waals surface area contributed by atoms with E-state index >= 15 is 0 Å². The van der Waals surface area contributed by atoms with Crippen molar-refractivity contribution in [3.8, 4) is 0 Å². The van der Waals surface area contributed by atoms with Crippen molar-refractivity contribution in [1.82, 2.24) is 0 Å². The predicted octanol–water partition coefficient (Wildman–Crippen LogP) is 19.5. The topological polar surface area (TPSA) is 78.9 Å². The van der Waals surface area contributed by atoms with E-state index in [2.05, 4.69) is 106 Å². The van der Waals surface area contributed by atoms with Crippen molar-refractivity contribution in [2.75, 3.05) is 13.2 Å². The molecule has 396 valence electrons. The zero-order valence-electron chi connectivity index (χ0n) is 45.3. The molecular weight excluding hydrogens is 853 g/mol. The molecule has 0 saturated heterocycles. The van der Waals surface area contributed by atoms with Gasteiger partial charge in [-0.05, 0) is 96.3 Å². The van der Waals surface area contributed by atoms with Gasteiger partial charge in [-0.25, -0.2) is 0 Å². The normalized spacial score (nSPS) is 12.7. The Labute approximate surface area is 426 Å². The van der Waals surface area contributed by atoms with Gasteiger partial charge in [0.05, 0.1) is 0 Å². The lowest BCUT2D eigenvalue weighted by Crippen LogP contribution is -2.30. The van der Waals surface area contributed by atoms with Crippen LogP contribution >= 0.6 is 0 Å². The van der Waals surface area contributed by atoms with Gasteiger partial charge in [-0.1, -0.05) is 247 Å². The van der Waals surface area contributed by atoms with Gasteiger partial charge in [0, 0.05) is 19.3 Å². The first-order valence-electron chi connectivity index (χ1n) is 29.1. The summed E-state index contributed by atoms with van der Waals surface area (Å²) in [6.07, 6.45) is 74.3. The zero-order chi connectivity index (χ0) is 50.0. The summed E-state index contributed by atoms with van der Waals surface area (Å²) in [7, 11) is 0. The monoisotopic (exact) mass is 961 g/mol. The largest absolute Gasteiger partial charge is 0.462 e. The van der Waals surface area contributed by atoms with Crippen LogP contribution < -0.4 is 0 Å². The molecule has 69 heavy (non-hydrogen) atoms. The Morgan fingerprint density at radius 1 is 0.290 bits per heavy atom. The Morgan fingerprint density at radius 2 is 0.536 bits per heavy atom. The van der Waals surface area contributed by atoms with Gasteiger partial charge in [-0.2, -0.15) is 0 Å². The molecule has 1 atom stereocenters. The number of ether oxygens (including phenoxy) is 3. The van der Waals surface area contributed by atoms with E-state index in [1.54, 1.807) is 0 Å². The molecule has 0 aromatic heterocycles. The highest BCUT2D eigenvalue weighted by Crippen LogP contribution is 2.15. The van der Waals surface area contributed by atoms with Crippen LogP contribution in [0.2, 0.25) is 0 Å². The smallest absolute Gasteiger partial charge is 0.306 e. The summed E-state index contributed by atoms with van der Waals surface area (Å²) in [5.41, 5.74) is 0. The number of carbonyl (C=O) groups is 3. The molecule has 0 radical (unpaired) electrons. The van der Waals surface area contributed by atoms with Crippen LogP contribution in [0.1, 0.15) is 278 Å². The van der Waals surface area contributed by atoms with Crippen LogP contribution in [-0.4, -0.2) is 37.2 Å². The molecule has 0 bridgehead atoms. The van der Waals surface area contributed by atoms with Gasteiger partial charge in [0.15, 0.2) is 6.10 Å². The molecule has 6 heteroatoms. The first kappa shape index (κ1) is 65.6. The number of esters is 3. The maximum atomic E-state index is 12.9. The fourth-order valence-corrected chi connectivity index (χ4v) is 7.97. The number of hydrogen-bond donors (Lipinski definition) is 0. The van der Waals surface area contributed by atoms with Crippen molar-refractivity contribution < 1.29 is 28.6 Å². The van der Waals surface area contributed by atoms with E-state index in [0.717, 1.165) is 89.9 Å². The van der Waals surface area contributed by atoms with E-state index in [0.29, 0.717) is 19.3 Å². The van der Waals surface area contributed by atoms with Crippen LogP contribution in [0.15, 0.2) is 85.1 Å². The van der Waals surface area contributed by atoms with E-state index in [4.69, 9.17) is 14.2 Å². The standard InChI is InChI=1S/C63H108O6/c1-4-7-10-13-16-19-22-25-28-31-34-37-40-43-46-49-52-55-61(64)67-58-60(69-63(66)57-54-51-48-45-42-39-36-33-30-27-24-21-18-15-12-9-6-3)59-68-62(65)56-53-50-47-44-41-38-35-32-29-26-23-20-17-14-11-8-5-2/h16,18-19,21,25,27-28,30,34,36-37,39,43,46,60H,4-15,17,20,22-24,26,29,31-33,35,38,40-42,44-45,47-59H2,1-3H3/b19-16-,21-18-,28-25-,30-27-,37-34-,39-36-,46-43-/t60-/m0/s1. The summed E-state index contributed by atoms with van der Waals surface area (Å²) in [5.74, 6) is -0.974. The molecule has 6 nitrogen and oxygen atoms in total. The number of rotatable bonds is 52. The Morgan fingerprint density at radius 3 is 0.899 bits per heavy atom. The Bertz CT molecular complexity index is 1330. The lowest BCUT2D eigenvalue weighted by Gasteiger charge is -2.18. The lowest BCUT2D eigenvalue weighted by atomic mass is 10.0. The van der Waals surface area contributed by atoms with Crippen molar-refractivity contribution >= 4 is 17.9 Å². The predicted molar refractivity (Wildman–Crippen MR) is 297 cm³/mol. The van der Waals surface area contributed by atoms with Crippen LogP contribution in [0.3, 0.4) is 0 Å². The number of hydrogen-bond acceptors (Lipinski definition) is 6. The molecule has 0 unspecified atom stereocenters. The summed E-state index contributed by atoms with van der Waals surface area (Å²) in [6.45, 7) is 6.54. The molecule has 0 spiro atoms. The van der Waals surface area contributed by atoms with Crippen LogP contribution in [0.25, 0.3) is 0 Å². The van der Waals surface area contributed by atoms with Gasteiger partial charge >= 0.3 is 17.9 Å². The molecule has 0 aliphatic rings. The molecule has 0 aromatic carbocycles. The van der Waals surface area contributed by atoms with E-state index in [1.807, 2.05) is 0 Å². The minimum absolute atomic E-state index is 0.101. The highest BCUT2D eigenvalue weighted by atomic mass is 16.6. The van der Waals surface area contributed by atoms with Crippen molar-refractivity contribution in [2.24, 2.45) is 0 Å². The first-order chi connectivity index (χ1) is 34.0. The number of carbonyl (C=O) groups excluding carboxylic acids is 3. The van der Waals surface area contributed by atoms with Crippen LogP contribution in [0, 0.1) is 0 Å². The third kappa shape index (κ3) is 55.4. The third-order valence-corrected chi connectivity index (χ3v) is 12.4. The van der Waals surface area contributed by atoms with Crippen LogP contribution in [-0.2, 0) is 28.6 Å². The maximum absolute atomic E-state index is 12.9. The summed E-state index contributed by atoms with van der Waals surface area (Å²) < 4.78 is 16.8. The zero-order valence-corrected chi connectivity index (χ0v) is 45.3. The molecule has 0 aliphatic heterocycles. The minimum Gasteiger partial charge on any atom is -0.462 e. The van der Waals surface area contributed by atoms with Crippen molar-refractivity contribution in [3.63, 3.8) is 0 Å². The average molecular weight is 962 g/mol. The SMILES string of the molecule is CCCCC/C=C\C/C=C\C/C=C\C/C=C\CCCC(=O)OC[C@@H](COC(=O)CCCCCCCCCCCCCCCCCCC)OC(=O)CCCCCC/C=C\C/C=C\C/C=C\CCCCC. The van der Waals surface area contributed by atoms with E-state index < -0.39 is 6.10 Å². The van der Waals surface area contributed by atoms with E-state index in [-0.39, 0.29) is 37.5 Å². The molecular formula is C63H108O6. The lowest BCUT2D eigenvalue weighted by molar-refractivity contribution is -0.167. The molecule has 0 heterocycles. The van der Waals surface area contributed by atoms with E-state index in [1.165, 1.54) is 141 Å². The Hall–Kier alpha value is -3.41. The second-order valence-corrected chi connectivity index (χ2v) is 19.2. The highest BCUT2D eigenvalue weighted by molar-refractivity contribution is 5.71. The van der Waals surface area contributed by atoms with Gasteiger partial charge in [-0.15, -0.1) is 0 Å². The molecule has 0 rings (SSSR count). The van der Waals surface area contributed by atoms with Crippen molar-refractivity contribution in [1.29, 1.82) is 0 Å².